The number of carbonyl (C=O) groups is 5. The van der Waals surface area contributed by atoms with Gasteiger partial charge in [0.1, 0.15) is 28.9 Å². The number of aryl methyl sites for hydroxylation is 2. The fourth-order valence-electron chi connectivity index (χ4n) is 14.7. The van der Waals surface area contributed by atoms with Crippen LogP contribution in [0.3, 0.4) is 0 Å². The number of piperidine rings is 5. The zero-order valence-corrected chi connectivity index (χ0v) is 64.7. The lowest BCUT2D eigenvalue weighted by Gasteiger charge is -2.43. The predicted octanol–water partition coefficient (Wildman–Crippen LogP) is 17.0. The van der Waals surface area contributed by atoms with Crippen molar-refractivity contribution in [2.75, 3.05) is 136 Å². The minimum absolute atomic E-state index is 0.0143. The van der Waals surface area contributed by atoms with Crippen LogP contribution in [-0.4, -0.2) is 189 Å². The molecular weight excluding hydrogens is 1480 g/mol. The van der Waals surface area contributed by atoms with Gasteiger partial charge >= 0.3 is 0 Å². The van der Waals surface area contributed by atoms with Gasteiger partial charge in [-0.2, -0.15) is 0 Å². The Bertz CT molecular complexity index is 7700. The Labute approximate surface area is 804 Å². The van der Waals surface area contributed by atoms with Crippen molar-refractivity contribution < 1.29 is 174 Å². The lowest BCUT2D eigenvalue weighted by molar-refractivity contribution is -0.130. The number of carbonyl (C=O) groups excluding carboxylic acids is 5. The zero-order chi connectivity index (χ0) is 149. The van der Waals surface area contributed by atoms with Gasteiger partial charge in [-0.05, 0) is 210 Å². The topological polar surface area (TPSA) is 194 Å². The molecule has 5 fully saturated rings. The summed E-state index contributed by atoms with van der Waals surface area (Å²) in [5.41, 5.74) is -3.46. The molecule has 117 heavy (non-hydrogen) atoms. The molecule has 5 saturated heterocycles. The molecule has 0 saturated carbocycles. The maximum Gasteiger partial charge on any atom is 0.161 e. The molecule has 20 nitrogen and oxygen atoms in total. The number of nitrogens with zero attached hydrogens (tertiary/aromatic N) is 5. The molecule has 0 N–H and O–H groups in total. The van der Waals surface area contributed by atoms with Gasteiger partial charge in [-0.15, -0.1) is 0 Å². The van der Waals surface area contributed by atoms with Crippen LogP contribution in [0, 0.1) is 59.1 Å². The molecule has 0 bridgehead atoms. The highest BCUT2D eigenvalue weighted by Crippen LogP contribution is 2.49. The van der Waals surface area contributed by atoms with Gasteiger partial charge in [0, 0.05) is 208 Å². The van der Waals surface area contributed by atoms with E-state index in [0.717, 1.165) is 13.3 Å². The summed E-state index contributed by atoms with van der Waals surface area (Å²) in [4.78, 5) is 71.4. The Morgan fingerprint density at radius 3 is 1.19 bits per heavy atom. The quantitative estimate of drug-likeness (QED) is 0.0634. The maximum absolute atomic E-state index is 14.1. The smallest absolute Gasteiger partial charge is 0.161 e. The van der Waals surface area contributed by atoms with Gasteiger partial charge in [0.05, 0.1) is 122 Å². The Morgan fingerprint density at radius 1 is 0.402 bits per heavy atom. The van der Waals surface area contributed by atoms with Crippen LogP contribution < -0.4 is 47.4 Å². The fraction of sp³-hybridized carbons (Fsp3) is 0.639. The molecule has 10 aliphatic heterocycles. The largest absolute Gasteiger partial charge is 0.493 e. The molecule has 0 aromatic heterocycles. The van der Waals surface area contributed by atoms with Crippen LogP contribution in [0.2, 0.25) is 0 Å². The van der Waals surface area contributed by atoms with E-state index in [-0.39, 0.29) is 108 Å². The molecule has 0 aliphatic carbocycles. The van der Waals surface area contributed by atoms with E-state index < -0.39 is 390 Å². The van der Waals surface area contributed by atoms with Crippen molar-refractivity contribution in [1.82, 2.24) is 24.5 Å². The molecule has 0 spiro atoms. The number of rotatable bonds is 22. The van der Waals surface area contributed by atoms with E-state index in [9.17, 15) is 25.3 Å². The monoisotopic (exact) mass is 1690 g/mol. The highest BCUT2D eigenvalue weighted by Gasteiger charge is 2.45. The first kappa shape index (κ1) is 33.9. The minimum atomic E-state index is -4.67. The molecule has 0 radical (unpaired) electrons. The second-order valence-corrected chi connectivity index (χ2v) is 29.1. The average molecular weight is 1690 g/mol. The summed E-state index contributed by atoms with van der Waals surface area (Å²) in [5.74, 6) is -33.6. The highest BCUT2D eigenvalue weighted by atomic mass is 16.5. The van der Waals surface area contributed by atoms with E-state index in [0.29, 0.717) is 61.7 Å². The van der Waals surface area contributed by atoms with Gasteiger partial charge in [0.2, 0.25) is 0 Å². The van der Waals surface area contributed by atoms with E-state index >= 15 is 0 Å². The van der Waals surface area contributed by atoms with Crippen LogP contribution in [0.25, 0.3) is 0 Å². The first-order valence-corrected chi connectivity index (χ1v) is 36.8. The van der Waals surface area contributed by atoms with Crippen LogP contribution >= 0.6 is 0 Å². The van der Waals surface area contributed by atoms with Crippen LogP contribution in [0.5, 0.6) is 57.5 Å². The Balaban J connectivity index is 0.000000223. The highest BCUT2D eigenvalue weighted by molar-refractivity contribution is 5.86. The van der Waals surface area contributed by atoms with Crippen LogP contribution in [0.4, 0.5) is 0 Å². The van der Waals surface area contributed by atoms with E-state index in [1.54, 1.807) is 4.90 Å². The summed E-state index contributed by atoms with van der Waals surface area (Å²) in [6, 6.07) is -11.6. The van der Waals surface area contributed by atoms with Crippen LogP contribution in [0.15, 0.2) is 60.5 Å². The summed E-state index contributed by atoms with van der Waals surface area (Å²) in [5, 5.41) is 0. The van der Waals surface area contributed by atoms with Gasteiger partial charge in [-0.25, -0.2) is 0 Å². The van der Waals surface area contributed by atoms with Crippen molar-refractivity contribution in [3.05, 3.63) is 116 Å². The Hall–Kier alpha value is -7.75. The van der Waals surface area contributed by atoms with Gasteiger partial charge in [-0.3, -0.25) is 48.5 Å². The molecule has 10 heterocycles. The first-order valence-electron chi connectivity index (χ1n) is 74.3. The van der Waals surface area contributed by atoms with Crippen molar-refractivity contribution in [3.63, 3.8) is 0 Å². The number of fused-ring (bicyclic) bond motifs is 15. The summed E-state index contributed by atoms with van der Waals surface area (Å²) in [6.07, 6.45) is -31.5. The van der Waals surface area contributed by atoms with Crippen LogP contribution in [-0.2, 0) is 56.0 Å². The number of benzene rings is 5. The lowest BCUT2D eigenvalue weighted by Crippen LogP contribution is -2.46. The molecule has 10 aliphatic rings. The number of Topliss-reactive ketones (excluding diaryl/α,β-unsaturated/α-hetero) is 5. The normalized spacial score (nSPS) is 43.3. The molecule has 15 rings (SSSR count). The third-order valence-electron chi connectivity index (χ3n) is 20.1. The van der Waals surface area contributed by atoms with Crippen molar-refractivity contribution in [2.45, 2.75) is 208 Å². The molecule has 12 atom stereocenters. The van der Waals surface area contributed by atoms with Crippen molar-refractivity contribution >= 4 is 28.9 Å². The number of ketones is 5. The number of ether oxygens (including phenoxy) is 10. The predicted molar refractivity (Wildman–Crippen MR) is 460 cm³/mol. The van der Waals surface area contributed by atoms with Crippen molar-refractivity contribution in [1.29, 1.82) is 0 Å². The second kappa shape index (κ2) is 41.0. The van der Waals surface area contributed by atoms with Crippen LogP contribution in [0.1, 0.15) is 334 Å². The van der Waals surface area contributed by atoms with Gasteiger partial charge < -0.3 is 47.4 Å². The third kappa shape index (κ3) is 21.0. The second-order valence-electron chi connectivity index (χ2n) is 29.1. The van der Waals surface area contributed by atoms with E-state index in [4.69, 9.17) is 149 Å². The fourth-order valence-corrected chi connectivity index (χ4v) is 14.7. The molecule has 5 aromatic rings. The molecule has 20 heteroatoms. The van der Waals surface area contributed by atoms with E-state index in [2.05, 4.69) is 18.7 Å². The minimum Gasteiger partial charge on any atom is -0.493 e. The zero-order valence-electron chi connectivity index (χ0n) is 140. The average Bonchev–Trinajstić information content (AvgIpc) is 0.644. The van der Waals surface area contributed by atoms with Gasteiger partial charge in [-0.1, -0.05) is 81.8 Å². The molecule has 5 aromatic carbocycles. The standard InChI is InChI=1S/2C20H29NO3.3C19H27NO3/c2*1-5-13(2)8-15-12-21-7-6-14-9-19(23-3)20(24-4)10-16(14)17(21)11-18(15)22;3*1-12(2)7-14-11-20-6-5-13-8-18(22-3)19(23-4)9-15(13)16(20)10-17(14)21/h2*9-10,13,15,17H,5-8,11-12H2,1-4H3;3*8-9,12,14,16H,5-7,10-11H2,1-4H3/i2D3,3D3,4D3,5D2,6D2,7D2,8D2,11D2,12D2,13D,15D,17D;2D3,3D3,4D3,5D2,8D2,9D,10D,13D;3D3,4D3,5D2,6D2,10D2,11D2,14D,16D;3D3,4D3,8D,9D,10D2,14D;3D3,4D3,8D,9D. The summed E-state index contributed by atoms with van der Waals surface area (Å²) in [7, 11) is -31.7. The molecule has 0 amide bonds. The van der Waals surface area contributed by atoms with E-state index in [1.807, 2.05) is 13.8 Å². The number of hydrogen-bond acceptors (Lipinski definition) is 20. The summed E-state index contributed by atoms with van der Waals surface area (Å²) >= 11 is 0. The Morgan fingerprint density at radius 2 is 0.761 bits per heavy atom. The summed E-state index contributed by atoms with van der Waals surface area (Å²) in [6.45, 7) is -10.7. The lowest BCUT2D eigenvalue weighted by atomic mass is 9.79. The van der Waals surface area contributed by atoms with Crippen molar-refractivity contribution in [3.8, 4) is 57.5 Å². The van der Waals surface area contributed by atoms with Gasteiger partial charge in [0.25, 0.3) is 0 Å². The molecule has 642 valence electrons. The van der Waals surface area contributed by atoms with Crippen molar-refractivity contribution in [2.24, 2.45) is 59.1 Å². The third-order valence-corrected chi connectivity index (χ3v) is 20.1. The molecular formula is C97H139N5O15. The first-order chi connectivity index (χ1) is 85.0. The Kier molecular flexibility index (Phi) is 11.9. The number of hydrogen-bond donors (Lipinski definition) is 0. The maximum atomic E-state index is 14.1. The number of methoxy groups -OCH3 is 10. The molecule has 12 unspecified atom stereocenters. The van der Waals surface area contributed by atoms with Gasteiger partial charge in [0.15, 0.2) is 57.5 Å². The summed E-state index contributed by atoms with van der Waals surface area (Å²) < 4.78 is 653. The van der Waals surface area contributed by atoms with E-state index in [1.165, 1.54) is 18.7 Å². The SMILES string of the molecule is [2H]C([2H])([2H])Oc1cc2c(cc1OC([2H])([2H])[2H])C1([2H])N(C([2H])([2H])C([2H])(CC(C)C)C(=O)C1([2H])[2H])C([2H])([2H])C2([2H])[2H].[2H]C([2H])([2H])Oc1cc2c(cc1OC([2H])([2H])[2H])C1([2H])N(C([2H])([2H])C2([2H])[2H])C([2H])([2H])C([2H])(C([2H])([2H])C([2H])(C([2H])([2H])[2H])C([2H])([2H])C)C(=O)C1([2H])[2H].[2H]c1c2c(c([2H])c(OC([2H])([2H])[2H])c1OC([2H])([2H])[2H])C1CC(=O)C(C([2H])([2H])C([2H])(C([2H])([2H])[2H])C([2H])([2H])C)CN1CC2.[2H]c1c2c(c([2H])c(OC([2H])([2H])[2H])c1OC([2H])([2H])[2H])C1CC(=O)C(CC(C)C)CN1CC2.[2H]c1c2c(c([2H])c(OC([2H])([2H])[2H])c1OC([2H])([2H])[2H])C1N(CC2)CC([2H])(CC(C)C)C(=O)C1([2H])[2H].